The van der Waals surface area contributed by atoms with Crippen LogP contribution in [0.25, 0.3) is 0 Å². The zero-order chi connectivity index (χ0) is 19.4. The van der Waals surface area contributed by atoms with E-state index in [2.05, 4.69) is 4.49 Å². The third-order valence-corrected chi connectivity index (χ3v) is 9.46. The molecule has 0 bridgehead atoms. The fourth-order valence-electron chi connectivity index (χ4n) is 2.93. The Morgan fingerprint density at radius 1 is 0.679 bits per heavy atom. The van der Waals surface area contributed by atoms with Crippen molar-refractivity contribution in [2.45, 2.75) is 4.90 Å². The van der Waals surface area contributed by atoms with Gasteiger partial charge in [-0.15, -0.1) is 0 Å². The number of rotatable bonds is 3. The van der Waals surface area contributed by atoms with Gasteiger partial charge in [0.25, 0.3) is 0 Å². The molecule has 2 aliphatic rings. The molecule has 144 valence electrons. The molecule has 0 atom stereocenters. The molecular weight excluding hydrogens is 425 g/mol. The van der Waals surface area contributed by atoms with E-state index in [0.29, 0.717) is 28.0 Å². The second-order valence-corrected chi connectivity index (χ2v) is 11.1. The van der Waals surface area contributed by atoms with Crippen LogP contribution in [-0.2, 0) is 10.0 Å². The van der Waals surface area contributed by atoms with E-state index in [0.717, 1.165) is 0 Å². The molecule has 3 aromatic carbocycles. The van der Waals surface area contributed by atoms with Crippen LogP contribution in [0.5, 0.6) is 23.0 Å². The van der Waals surface area contributed by atoms with E-state index in [4.69, 9.17) is 29.7 Å². The molecule has 7 nitrogen and oxygen atoms in total. The van der Waals surface area contributed by atoms with Gasteiger partial charge < -0.3 is 0 Å². The molecule has 0 unspecified atom stereocenters. The van der Waals surface area contributed by atoms with Crippen molar-refractivity contribution in [2.24, 2.45) is 0 Å². The average molecular weight is 438 g/mol. The molecule has 0 fully saturated rings. The molecule has 0 amide bonds. The minimum atomic E-state index is -4.83. The first-order chi connectivity index (χ1) is 13.4. The zero-order valence-corrected chi connectivity index (χ0v) is 16.6. The molecule has 0 saturated heterocycles. The summed E-state index contributed by atoms with van der Waals surface area (Å²) >= 11 is 5.87. The molecule has 1 N–H and O–H groups in total. The minimum absolute atomic E-state index is 0.0396. The summed E-state index contributed by atoms with van der Waals surface area (Å²) in [7, 11) is -8.98. The van der Waals surface area contributed by atoms with Gasteiger partial charge in [-0.05, 0) is 0 Å². The molecule has 0 radical (unpaired) electrons. The Balaban J connectivity index is 1.62. The number of halogens is 1. The topological polar surface area (TPSA) is 83.1 Å². The fraction of sp³-hybridized carbons (Fsp3) is 0. The van der Waals surface area contributed by atoms with Crippen molar-refractivity contribution in [3.63, 3.8) is 0 Å². The first kappa shape index (κ1) is 17.6. The summed E-state index contributed by atoms with van der Waals surface area (Å²) in [6.07, 6.45) is 0. The van der Waals surface area contributed by atoms with Crippen LogP contribution in [0.1, 0.15) is 0 Å². The van der Waals surface area contributed by atoms with E-state index >= 15 is 0 Å². The van der Waals surface area contributed by atoms with Gasteiger partial charge in [0.15, 0.2) is 0 Å². The van der Waals surface area contributed by atoms with E-state index in [-0.39, 0.29) is 4.90 Å². The van der Waals surface area contributed by atoms with Crippen molar-refractivity contribution in [3.8, 4) is 23.0 Å². The Morgan fingerprint density at radius 3 is 1.46 bits per heavy atom. The summed E-state index contributed by atoms with van der Waals surface area (Å²) < 4.78 is 52.5. The number of hydrogen-bond acceptors (Lipinski definition) is 6. The van der Waals surface area contributed by atoms with E-state index < -0.39 is 17.7 Å². The fourth-order valence-corrected chi connectivity index (χ4v) is 8.32. The van der Waals surface area contributed by atoms with Gasteiger partial charge in [-0.25, -0.2) is 0 Å². The van der Waals surface area contributed by atoms with Crippen molar-refractivity contribution in [2.75, 3.05) is 0 Å². The molecule has 28 heavy (non-hydrogen) atoms. The Hall–Kier alpha value is -2.51. The normalized spacial score (nSPS) is 19.1. The number of nitrogens with one attached hydrogen (secondary N) is 1. The molecule has 0 saturated carbocycles. The third-order valence-electron chi connectivity index (χ3n) is 4.11. The van der Waals surface area contributed by atoms with Crippen molar-refractivity contribution in [1.82, 2.24) is 4.49 Å². The van der Waals surface area contributed by atoms with Crippen LogP contribution < -0.4 is 22.6 Å². The number of sulfonamides is 1. The first-order valence-corrected chi connectivity index (χ1v) is 11.9. The van der Waals surface area contributed by atoms with Gasteiger partial charge in [0, 0.05) is 0 Å². The number of para-hydroxylation sites is 4. The summed E-state index contributed by atoms with van der Waals surface area (Å²) in [5.74, 6) is 1.25. The summed E-state index contributed by atoms with van der Waals surface area (Å²) in [5, 5.41) is 0.407. The third kappa shape index (κ3) is 2.69. The predicted molar refractivity (Wildman–Crippen MR) is 104 cm³/mol. The summed E-state index contributed by atoms with van der Waals surface area (Å²) in [6, 6.07) is 19.2. The van der Waals surface area contributed by atoms with E-state index in [1.165, 1.54) is 24.3 Å². The van der Waals surface area contributed by atoms with Crippen molar-refractivity contribution in [1.29, 1.82) is 0 Å². The van der Waals surface area contributed by atoms with E-state index in [1.54, 1.807) is 48.5 Å². The van der Waals surface area contributed by atoms with Gasteiger partial charge >= 0.3 is 166 Å². The van der Waals surface area contributed by atoms with Gasteiger partial charge in [-0.1, -0.05) is 0 Å². The van der Waals surface area contributed by atoms with Crippen LogP contribution in [-0.4, -0.2) is 8.42 Å². The Labute approximate surface area is 166 Å². The van der Waals surface area contributed by atoms with Crippen LogP contribution >= 0.6 is 19.3 Å². The summed E-state index contributed by atoms with van der Waals surface area (Å²) in [6.45, 7) is 0. The predicted octanol–water partition coefficient (Wildman–Crippen LogP) is 4.69. The number of fused-ring (bicyclic) bond motifs is 2. The Bertz CT molecular complexity index is 1090. The van der Waals surface area contributed by atoms with Crippen molar-refractivity contribution in [3.05, 3.63) is 77.8 Å². The van der Waals surface area contributed by atoms with Crippen LogP contribution in [0.15, 0.2) is 77.7 Å². The molecule has 3 aromatic rings. The standard InChI is InChI=1S/C18H13ClNO6PS/c19-13-9-11-14(12-10-13)28(21,22)20-27(23-15-5-1-2-6-16(15)24-27)25-17-7-3-4-8-18(17)26-27/h1-12,20H. The van der Waals surface area contributed by atoms with Gasteiger partial charge in [0.1, 0.15) is 0 Å². The second-order valence-electron chi connectivity index (χ2n) is 6.12. The second kappa shape index (κ2) is 5.75. The maximum absolute atomic E-state index is 13.1. The summed E-state index contributed by atoms with van der Waals surface area (Å²) in [5.41, 5.74) is 0. The molecule has 1 spiro atoms. The SMILES string of the molecule is O=S(=O)(NP12(Oc3ccccc3O1)Oc1ccccc1O2)c1ccc(Cl)cc1. The van der Waals surface area contributed by atoms with Crippen LogP contribution in [0.4, 0.5) is 0 Å². The Kier molecular flexibility index (Phi) is 3.61. The molecule has 0 aliphatic carbocycles. The average Bonchev–Trinajstić information content (AvgIpc) is 3.14. The Morgan fingerprint density at radius 2 is 1.07 bits per heavy atom. The molecule has 0 aromatic heterocycles. The number of benzene rings is 3. The molecule has 2 heterocycles. The first-order valence-electron chi connectivity index (χ1n) is 8.18. The monoisotopic (exact) mass is 437 g/mol. The van der Waals surface area contributed by atoms with Crippen molar-refractivity contribution < 1.29 is 26.5 Å². The van der Waals surface area contributed by atoms with Gasteiger partial charge in [-0.3, -0.25) is 0 Å². The quantitative estimate of drug-likeness (QED) is 0.598. The van der Waals surface area contributed by atoms with Gasteiger partial charge in [0.05, 0.1) is 0 Å². The van der Waals surface area contributed by atoms with Crippen LogP contribution in [0.2, 0.25) is 5.02 Å². The molecule has 5 rings (SSSR count). The van der Waals surface area contributed by atoms with E-state index in [1.807, 2.05) is 0 Å². The van der Waals surface area contributed by atoms with Gasteiger partial charge in [0.2, 0.25) is 0 Å². The molecule has 10 heteroatoms. The van der Waals surface area contributed by atoms with Crippen molar-refractivity contribution >= 4 is 29.3 Å². The molecule has 2 aliphatic heterocycles. The molecular formula is C18H13ClNO6PS. The summed E-state index contributed by atoms with van der Waals surface area (Å²) in [4.78, 5) is -0.0396. The van der Waals surface area contributed by atoms with E-state index in [9.17, 15) is 8.42 Å². The number of hydrogen-bond donors (Lipinski definition) is 1. The van der Waals surface area contributed by atoms with Gasteiger partial charge in [-0.2, -0.15) is 0 Å². The van der Waals surface area contributed by atoms with Crippen LogP contribution in [0.3, 0.4) is 0 Å². The zero-order valence-electron chi connectivity index (χ0n) is 14.1. The van der Waals surface area contributed by atoms with Crippen LogP contribution in [0, 0.1) is 0 Å². The maximum atomic E-state index is 13.1.